The van der Waals surface area contributed by atoms with Crippen LogP contribution < -0.4 is 10.0 Å². The maximum absolute atomic E-state index is 13.4. The molecule has 0 bridgehead atoms. The Bertz CT molecular complexity index is 1370. The normalized spacial score (nSPS) is 11.1. The van der Waals surface area contributed by atoms with E-state index in [1.54, 1.807) is 48.5 Å². The summed E-state index contributed by atoms with van der Waals surface area (Å²) in [6.07, 6.45) is 0.725. The Kier molecular flexibility index (Phi) is 7.04. The number of sulfonamides is 1. The number of halogens is 1. The topological polar surface area (TPSA) is 75.3 Å². The molecule has 0 aliphatic carbocycles. The second-order valence-electron chi connectivity index (χ2n) is 7.71. The fourth-order valence-corrected chi connectivity index (χ4v) is 4.52. The van der Waals surface area contributed by atoms with Gasteiger partial charge in [-0.05, 0) is 71.6 Å². The van der Waals surface area contributed by atoms with E-state index in [1.807, 2.05) is 30.3 Å². The first kappa shape index (κ1) is 23.2. The van der Waals surface area contributed by atoms with Crippen molar-refractivity contribution in [2.24, 2.45) is 0 Å². The van der Waals surface area contributed by atoms with Gasteiger partial charge in [0.25, 0.3) is 15.9 Å². The number of carbonyl (C=O) groups excluding carboxylic acids is 1. The summed E-state index contributed by atoms with van der Waals surface area (Å²) in [7, 11) is -3.82. The van der Waals surface area contributed by atoms with E-state index in [0.717, 1.165) is 12.0 Å². The van der Waals surface area contributed by atoms with Crippen molar-refractivity contribution in [2.45, 2.75) is 11.3 Å². The molecule has 0 saturated carbocycles. The lowest BCUT2D eigenvalue weighted by atomic mass is 10.1. The molecule has 4 aromatic carbocycles. The van der Waals surface area contributed by atoms with Crippen molar-refractivity contribution in [3.8, 4) is 11.1 Å². The summed E-state index contributed by atoms with van der Waals surface area (Å²) < 4.78 is 41.5. The van der Waals surface area contributed by atoms with Crippen LogP contribution in [0.15, 0.2) is 108 Å². The third-order valence-electron chi connectivity index (χ3n) is 5.26. The van der Waals surface area contributed by atoms with Gasteiger partial charge >= 0.3 is 0 Å². The van der Waals surface area contributed by atoms with Crippen LogP contribution in [0, 0.1) is 5.82 Å². The standard InChI is InChI=1S/C27H23FN2O3S/c28-24-8-4-7-23(19-24)21-11-15-26(16-12-21)34(32,33)30-25-13-9-22(10-14-25)27(31)29-18-17-20-5-2-1-3-6-20/h1-16,19,30H,17-18H2,(H,29,31). The molecule has 0 aliphatic rings. The van der Waals surface area contributed by atoms with Crippen LogP contribution in [0.25, 0.3) is 11.1 Å². The molecule has 0 saturated heterocycles. The third kappa shape index (κ3) is 5.88. The molecule has 0 aliphatic heterocycles. The van der Waals surface area contributed by atoms with Crippen LogP contribution in [0.4, 0.5) is 10.1 Å². The molecule has 4 rings (SSSR count). The Labute approximate surface area is 198 Å². The summed E-state index contributed by atoms with van der Waals surface area (Å²) in [4.78, 5) is 12.4. The smallest absolute Gasteiger partial charge is 0.261 e. The minimum Gasteiger partial charge on any atom is -0.352 e. The number of anilines is 1. The van der Waals surface area contributed by atoms with Gasteiger partial charge in [0, 0.05) is 17.8 Å². The van der Waals surface area contributed by atoms with Crippen LogP contribution in [0.1, 0.15) is 15.9 Å². The largest absolute Gasteiger partial charge is 0.352 e. The summed E-state index contributed by atoms with van der Waals surface area (Å²) in [5, 5.41) is 2.86. The first-order chi connectivity index (χ1) is 16.4. The van der Waals surface area contributed by atoms with E-state index in [4.69, 9.17) is 0 Å². The van der Waals surface area contributed by atoms with E-state index in [9.17, 15) is 17.6 Å². The lowest BCUT2D eigenvalue weighted by Gasteiger charge is -2.10. The maximum Gasteiger partial charge on any atom is 0.261 e. The number of hydrogen-bond donors (Lipinski definition) is 2. The minimum absolute atomic E-state index is 0.0791. The molecule has 0 radical (unpaired) electrons. The highest BCUT2D eigenvalue weighted by atomic mass is 32.2. The Morgan fingerprint density at radius 2 is 1.47 bits per heavy atom. The van der Waals surface area contributed by atoms with Crippen LogP contribution >= 0.6 is 0 Å². The lowest BCUT2D eigenvalue weighted by molar-refractivity contribution is 0.0954. The molecule has 5 nitrogen and oxygen atoms in total. The molecule has 172 valence electrons. The van der Waals surface area contributed by atoms with E-state index < -0.39 is 10.0 Å². The van der Waals surface area contributed by atoms with Gasteiger partial charge in [0.2, 0.25) is 0 Å². The molecular weight excluding hydrogens is 451 g/mol. The molecule has 2 N–H and O–H groups in total. The number of amides is 1. The van der Waals surface area contributed by atoms with Crippen LogP contribution in [-0.2, 0) is 16.4 Å². The second-order valence-corrected chi connectivity index (χ2v) is 9.39. The van der Waals surface area contributed by atoms with Crippen molar-refractivity contribution in [3.05, 3.63) is 120 Å². The Balaban J connectivity index is 1.37. The Hall–Kier alpha value is -3.97. The zero-order chi connectivity index (χ0) is 24.0. The van der Waals surface area contributed by atoms with E-state index in [1.165, 1.54) is 24.3 Å². The van der Waals surface area contributed by atoms with E-state index in [0.29, 0.717) is 28.9 Å². The highest BCUT2D eigenvalue weighted by Crippen LogP contribution is 2.23. The van der Waals surface area contributed by atoms with Gasteiger partial charge < -0.3 is 5.32 Å². The minimum atomic E-state index is -3.82. The SMILES string of the molecule is O=C(NCCc1ccccc1)c1ccc(NS(=O)(=O)c2ccc(-c3cccc(F)c3)cc2)cc1. The highest BCUT2D eigenvalue weighted by molar-refractivity contribution is 7.92. The lowest BCUT2D eigenvalue weighted by Crippen LogP contribution is -2.25. The van der Waals surface area contributed by atoms with Crippen molar-refractivity contribution in [1.82, 2.24) is 5.32 Å². The Morgan fingerprint density at radius 1 is 0.765 bits per heavy atom. The Morgan fingerprint density at radius 3 is 2.15 bits per heavy atom. The summed E-state index contributed by atoms with van der Waals surface area (Å²) in [5.41, 5.74) is 3.29. The van der Waals surface area contributed by atoms with Crippen molar-refractivity contribution >= 4 is 21.6 Å². The summed E-state index contributed by atoms with van der Waals surface area (Å²) in [5.74, 6) is -0.581. The molecule has 1 amide bonds. The highest BCUT2D eigenvalue weighted by Gasteiger charge is 2.15. The van der Waals surface area contributed by atoms with E-state index >= 15 is 0 Å². The first-order valence-corrected chi connectivity index (χ1v) is 12.2. The van der Waals surface area contributed by atoms with E-state index in [-0.39, 0.29) is 16.6 Å². The van der Waals surface area contributed by atoms with Crippen LogP contribution in [0.5, 0.6) is 0 Å². The van der Waals surface area contributed by atoms with Crippen molar-refractivity contribution < 1.29 is 17.6 Å². The molecule has 0 spiro atoms. The van der Waals surface area contributed by atoms with Crippen molar-refractivity contribution in [1.29, 1.82) is 0 Å². The third-order valence-corrected chi connectivity index (χ3v) is 6.66. The predicted octanol–water partition coefficient (Wildman–Crippen LogP) is 5.27. The quantitative estimate of drug-likeness (QED) is 0.366. The average molecular weight is 475 g/mol. The number of hydrogen-bond acceptors (Lipinski definition) is 3. The summed E-state index contributed by atoms with van der Waals surface area (Å²) in [6, 6.07) is 28.4. The molecule has 4 aromatic rings. The number of rotatable bonds is 8. The zero-order valence-electron chi connectivity index (χ0n) is 18.2. The molecule has 34 heavy (non-hydrogen) atoms. The summed E-state index contributed by atoms with van der Waals surface area (Å²) >= 11 is 0. The van der Waals surface area contributed by atoms with Gasteiger partial charge in [-0.2, -0.15) is 0 Å². The molecule has 0 atom stereocenters. The summed E-state index contributed by atoms with van der Waals surface area (Å²) in [6.45, 7) is 0.503. The van der Waals surface area contributed by atoms with Gasteiger partial charge in [-0.15, -0.1) is 0 Å². The fraction of sp³-hybridized carbons (Fsp3) is 0.0741. The molecule has 0 fully saturated rings. The van der Waals surface area contributed by atoms with Gasteiger partial charge in [0.1, 0.15) is 5.82 Å². The fourth-order valence-electron chi connectivity index (χ4n) is 3.47. The van der Waals surface area contributed by atoms with Gasteiger partial charge in [0.05, 0.1) is 4.90 Å². The second kappa shape index (κ2) is 10.3. The van der Waals surface area contributed by atoms with Gasteiger partial charge in [0.15, 0.2) is 0 Å². The van der Waals surface area contributed by atoms with E-state index in [2.05, 4.69) is 10.0 Å². The maximum atomic E-state index is 13.4. The first-order valence-electron chi connectivity index (χ1n) is 10.7. The van der Waals surface area contributed by atoms with Crippen LogP contribution in [-0.4, -0.2) is 20.9 Å². The monoisotopic (exact) mass is 474 g/mol. The number of nitrogens with one attached hydrogen (secondary N) is 2. The van der Waals surface area contributed by atoms with Gasteiger partial charge in [-0.3, -0.25) is 9.52 Å². The molecule has 0 unspecified atom stereocenters. The zero-order valence-corrected chi connectivity index (χ0v) is 19.1. The average Bonchev–Trinajstić information content (AvgIpc) is 2.85. The molecular formula is C27H23FN2O3S. The molecule has 7 heteroatoms. The van der Waals surface area contributed by atoms with Crippen molar-refractivity contribution in [3.63, 3.8) is 0 Å². The van der Waals surface area contributed by atoms with Gasteiger partial charge in [-0.1, -0.05) is 54.6 Å². The number of carbonyl (C=O) groups is 1. The van der Waals surface area contributed by atoms with Gasteiger partial charge in [-0.25, -0.2) is 12.8 Å². The van der Waals surface area contributed by atoms with Crippen LogP contribution in [0.2, 0.25) is 0 Å². The molecule has 0 heterocycles. The van der Waals surface area contributed by atoms with Crippen molar-refractivity contribution in [2.75, 3.05) is 11.3 Å². The van der Waals surface area contributed by atoms with Crippen LogP contribution in [0.3, 0.4) is 0 Å². The predicted molar refractivity (Wildman–Crippen MR) is 132 cm³/mol. The molecule has 0 aromatic heterocycles. The number of benzene rings is 4.